The summed E-state index contributed by atoms with van der Waals surface area (Å²) in [4.78, 5) is 51.2. The van der Waals surface area contributed by atoms with Gasteiger partial charge in [-0.05, 0) is 20.3 Å². The van der Waals surface area contributed by atoms with Gasteiger partial charge in [-0.15, -0.1) is 0 Å². The molecule has 3 N–H and O–H groups in total. The maximum absolute atomic E-state index is 13.8. The highest BCUT2D eigenvalue weighted by Gasteiger charge is 2.27. The first kappa shape index (κ1) is 29.0. The normalized spacial score (nSPS) is 15.8. The second kappa shape index (κ2) is 13.4. The molecule has 0 bridgehead atoms. The van der Waals surface area contributed by atoms with E-state index in [0.717, 1.165) is 5.57 Å². The molecule has 0 aliphatic carbocycles. The van der Waals surface area contributed by atoms with Crippen molar-refractivity contribution in [3.63, 3.8) is 0 Å². The lowest BCUT2D eigenvalue weighted by molar-refractivity contribution is -0.131. The van der Waals surface area contributed by atoms with Crippen molar-refractivity contribution in [2.75, 3.05) is 74.6 Å². The summed E-state index contributed by atoms with van der Waals surface area (Å²) in [6.45, 7) is 7.97. The first-order valence-electron chi connectivity index (χ1n) is 13.2. The molecular weight excluding hydrogens is 526 g/mol. The van der Waals surface area contributed by atoms with E-state index >= 15 is 0 Å². The fourth-order valence-electron chi connectivity index (χ4n) is 4.35. The number of nitrogens with one attached hydrogen (secondary N) is 1. The Kier molecular flexibility index (Phi) is 9.69. The Hall–Kier alpha value is -4.01. The number of halogens is 2. The van der Waals surface area contributed by atoms with Crippen molar-refractivity contribution in [2.24, 2.45) is 0 Å². The Morgan fingerprint density at radius 3 is 2.30 bits per heavy atom. The molecule has 216 valence electrons. The molecule has 4 rings (SSSR count). The highest BCUT2D eigenvalue weighted by Crippen LogP contribution is 2.30. The van der Waals surface area contributed by atoms with Crippen LogP contribution in [0.1, 0.15) is 38.8 Å². The van der Waals surface area contributed by atoms with Crippen LogP contribution in [0.15, 0.2) is 17.8 Å². The number of carbonyl (C=O) groups is 2. The maximum Gasteiger partial charge on any atom is 0.281 e. The van der Waals surface area contributed by atoms with Crippen LogP contribution in [-0.2, 0) is 14.3 Å². The molecule has 0 radical (unpaired) electrons. The zero-order valence-corrected chi connectivity index (χ0v) is 22.6. The van der Waals surface area contributed by atoms with E-state index in [1.54, 1.807) is 4.90 Å². The van der Waals surface area contributed by atoms with Gasteiger partial charge < -0.3 is 30.5 Å². The SMILES string of the molecule is CC(C)=CC(=O)NCCCC(=O)N1CCN(c2nc(-c3cnc(N)nc3C(F)F)nc(N3CCOCC3)n2)CC1. The minimum Gasteiger partial charge on any atom is -0.378 e. The van der Waals surface area contributed by atoms with Crippen molar-refractivity contribution in [3.05, 3.63) is 23.5 Å². The number of piperazine rings is 1. The van der Waals surface area contributed by atoms with Gasteiger partial charge in [0.05, 0.1) is 18.8 Å². The average molecular weight is 561 g/mol. The van der Waals surface area contributed by atoms with Gasteiger partial charge in [-0.25, -0.2) is 18.7 Å². The minimum atomic E-state index is -2.90. The van der Waals surface area contributed by atoms with Crippen LogP contribution in [0.25, 0.3) is 11.4 Å². The lowest BCUT2D eigenvalue weighted by Gasteiger charge is -2.35. The first-order valence-corrected chi connectivity index (χ1v) is 13.2. The number of hydrogen-bond donors (Lipinski definition) is 2. The number of carbonyl (C=O) groups excluding carboxylic acids is 2. The van der Waals surface area contributed by atoms with E-state index < -0.39 is 12.1 Å². The highest BCUT2D eigenvalue weighted by atomic mass is 19.3. The van der Waals surface area contributed by atoms with E-state index in [0.29, 0.717) is 83.8 Å². The van der Waals surface area contributed by atoms with Gasteiger partial charge in [-0.3, -0.25) is 9.59 Å². The predicted molar refractivity (Wildman–Crippen MR) is 144 cm³/mol. The number of nitrogens with two attached hydrogens (primary N) is 1. The van der Waals surface area contributed by atoms with E-state index in [2.05, 4.69) is 30.2 Å². The quantitative estimate of drug-likeness (QED) is 0.336. The van der Waals surface area contributed by atoms with Crippen LogP contribution in [-0.4, -0.2) is 101 Å². The van der Waals surface area contributed by atoms with Crippen molar-refractivity contribution < 1.29 is 23.1 Å². The lowest BCUT2D eigenvalue weighted by Crippen LogP contribution is -2.49. The van der Waals surface area contributed by atoms with E-state index in [1.807, 2.05) is 23.6 Å². The number of hydrogen-bond acceptors (Lipinski definition) is 11. The maximum atomic E-state index is 13.8. The van der Waals surface area contributed by atoms with Gasteiger partial charge in [-0.1, -0.05) is 5.57 Å². The third-order valence-corrected chi connectivity index (χ3v) is 6.39. The number of alkyl halides is 2. The fourth-order valence-corrected chi connectivity index (χ4v) is 4.35. The fraction of sp³-hybridized carbons (Fsp3) is 0.560. The second-order valence-electron chi connectivity index (χ2n) is 9.67. The molecule has 2 aromatic heterocycles. The molecule has 0 aromatic carbocycles. The van der Waals surface area contributed by atoms with Crippen LogP contribution in [0.3, 0.4) is 0 Å². The smallest absolute Gasteiger partial charge is 0.281 e. The van der Waals surface area contributed by atoms with Gasteiger partial charge >= 0.3 is 0 Å². The molecule has 0 unspecified atom stereocenters. The van der Waals surface area contributed by atoms with Crippen LogP contribution in [0, 0.1) is 0 Å². The van der Waals surface area contributed by atoms with Crippen molar-refractivity contribution in [1.29, 1.82) is 0 Å². The number of nitrogen functional groups attached to an aromatic ring is 1. The number of morpholine rings is 1. The Bertz CT molecular complexity index is 1230. The van der Waals surface area contributed by atoms with Crippen LogP contribution < -0.4 is 20.9 Å². The summed E-state index contributed by atoms with van der Waals surface area (Å²) >= 11 is 0. The van der Waals surface area contributed by atoms with E-state index in [-0.39, 0.29) is 29.2 Å². The molecule has 0 atom stereocenters. The Morgan fingerprint density at radius 2 is 1.68 bits per heavy atom. The lowest BCUT2D eigenvalue weighted by atomic mass is 10.2. The molecule has 15 heteroatoms. The Balaban J connectivity index is 1.45. The van der Waals surface area contributed by atoms with E-state index in [1.165, 1.54) is 12.3 Å². The number of allylic oxidation sites excluding steroid dienone is 1. The zero-order chi connectivity index (χ0) is 28.6. The third kappa shape index (κ3) is 7.55. The van der Waals surface area contributed by atoms with Crippen molar-refractivity contribution >= 4 is 29.7 Å². The average Bonchev–Trinajstić information content (AvgIpc) is 2.95. The number of amides is 2. The summed E-state index contributed by atoms with van der Waals surface area (Å²) < 4.78 is 33.0. The van der Waals surface area contributed by atoms with E-state index in [4.69, 9.17) is 10.5 Å². The molecule has 2 aromatic rings. The molecule has 0 spiro atoms. The molecule has 2 aliphatic heterocycles. The summed E-state index contributed by atoms with van der Waals surface area (Å²) in [6, 6.07) is 0. The van der Waals surface area contributed by atoms with Gasteiger partial charge in [0.2, 0.25) is 29.7 Å². The molecule has 2 saturated heterocycles. The predicted octanol–water partition coefficient (Wildman–Crippen LogP) is 1.20. The molecule has 2 fully saturated rings. The van der Waals surface area contributed by atoms with Gasteiger partial charge in [-0.2, -0.15) is 15.0 Å². The third-order valence-electron chi connectivity index (χ3n) is 6.39. The topological polar surface area (TPSA) is 156 Å². The van der Waals surface area contributed by atoms with Crippen LogP contribution in [0.2, 0.25) is 0 Å². The number of ether oxygens (including phenoxy) is 1. The molecular formula is C25H34F2N10O3. The van der Waals surface area contributed by atoms with Crippen molar-refractivity contribution in [2.45, 2.75) is 33.1 Å². The summed E-state index contributed by atoms with van der Waals surface area (Å²) in [5, 5.41) is 2.77. The summed E-state index contributed by atoms with van der Waals surface area (Å²) in [5.74, 6) is 0.252. The zero-order valence-electron chi connectivity index (χ0n) is 22.6. The second-order valence-corrected chi connectivity index (χ2v) is 9.67. The largest absolute Gasteiger partial charge is 0.378 e. The van der Waals surface area contributed by atoms with Gasteiger partial charge in [0.25, 0.3) is 6.43 Å². The summed E-state index contributed by atoms with van der Waals surface area (Å²) in [7, 11) is 0. The summed E-state index contributed by atoms with van der Waals surface area (Å²) in [6.07, 6.45) is 0.677. The Morgan fingerprint density at radius 1 is 1.02 bits per heavy atom. The Labute approximate surface area is 230 Å². The molecule has 40 heavy (non-hydrogen) atoms. The minimum absolute atomic E-state index is 0.00190. The van der Waals surface area contributed by atoms with E-state index in [9.17, 15) is 18.4 Å². The van der Waals surface area contributed by atoms with Crippen molar-refractivity contribution in [3.8, 4) is 11.4 Å². The summed E-state index contributed by atoms with van der Waals surface area (Å²) in [5.41, 5.74) is 5.89. The van der Waals surface area contributed by atoms with Crippen LogP contribution in [0.4, 0.5) is 26.6 Å². The molecule has 2 aliphatic rings. The standard InChI is InChI=1S/C25H34F2N10O3/c1-16(2)14-18(38)29-5-3-4-19(39)35-6-8-36(9-7-35)24-32-22(17-15-30-23(28)31-20(17)21(26)27)33-25(34-24)37-10-12-40-13-11-37/h14-15,21H,3-13H2,1-2H3,(H,29,38)(H2,28,30,31). The van der Waals surface area contributed by atoms with Crippen molar-refractivity contribution in [1.82, 2.24) is 35.1 Å². The molecule has 2 amide bonds. The molecule has 0 saturated carbocycles. The van der Waals surface area contributed by atoms with Gasteiger partial charge in [0.15, 0.2) is 5.82 Å². The number of aromatic nitrogens is 5. The van der Waals surface area contributed by atoms with Gasteiger partial charge in [0.1, 0.15) is 5.69 Å². The molecule has 4 heterocycles. The monoisotopic (exact) mass is 560 g/mol. The van der Waals surface area contributed by atoms with Crippen LogP contribution in [0.5, 0.6) is 0 Å². The number of nitrogens with zero attached hydrogens (tertiary/aromatic N) is 8. The van der Waals surface area contributed by atoms with Gasteiger partial charge in [0, 0.05) is 64.5 Å². The van der Waals surface area contributed by atoms with Crippen LogP contribution >= 0.6 is 0 Å². The first-order chi connectivity index (χ1) is 19.2. The number of anilines is 3. The molecule has 13 nitrogen and oxygen atoms in total. The highest BCUT2D eigenvalue weighted by molar-refractivity contribution is 5.88. The number of rotatable bonds is 9.